The molecule has 0 radical (unpaired) electrons. The molecule has 1 aliphatic carbocycles. The molecule has 102 valence electrons. The first-order chi connectivity index (χ1) is 9.26. The second-order valence-corrected chi connectivity index (χ2v) is 5.10. The van der Waals surface area contributed by atoms with E-state index in [-0.39, 0.29) is 24.1 Å². The molecule has 19 heavy (non-hydrogen) atoms. The Bertz CT molecular complexity index is 470. The lowest BCUT2D eigenvalue weighted by Gasteiger charge is -2.31. The van der Waals surface area contributed by atoms with Crippen molar-refractivity contribution < 1.29 is 9.50 Å². The second kappa shape index (κ2) is 6.65. The van der Waals surface area contributed by atoms with Gasteiger partial charge in [-0.1, -0.05) is 25.0 Å². The summed E-state index contributed by atoms with van der Waals surface area (Å²) in [6.45, 7) is 0.584. The Balaban J connectivity index is 2.00. The predicted molar refractivity (Wildman–Crippen MR) is 70.8 cm³/mol. The molecule has 4 heteroatoms. The number of halogens is 1. The minimum absolute atomic E-state index is 0.0849. The molecular weight excluding hydrogens is 243 g/mol. The Morgan fingerprint density at radius 3 is 2.89 bits per heavy atom. The Hall–Kier alpha value is -1.44. The minimum Gasteiger partial charge on any atom is -0.396 e. The van der Waals surface area contributed by atoms with Crippen LogP contribution in [0, 0.1) is 23.1 Å². The summed E-state index contributed by atoms with van der Waals surface area (Å²) in [5, 5.41) is 21.5. The molecule has 1 aliphatic rings. The van der Waals surface area contributed by atoms with Crippen LogP contribution in [0.5, 0.6) is 0 Å². The third-order valence-corrected chi connectivity index (χ3v) is 3.90. The summed E-state index contributed by atoms with van der Waals surface area (Å²) in [7, 11) is 0. The van der Waals surface area contributed by atoms with Crippen LogP contribution in [0.1, 0.15) is 36.8 Å². The molecule has 1 saturated carbocycles. The van der Waals surface area contributed by atoms with Gasteiger partial charge in [0.05, 0.1) is 5.56 Å². The summed E-state index contributed by atoms with van der Waals surface area (Å²) < 4.78 is 13.9. The Kier molecular flexibility index (Phi) is 4.89. The van der Waals surface area contributed by atoms with Crippen molar-refractivity contribution >= 4 is 0 Å². The molecule has 2 unspecified atom stereocenters. The van der Waals surface area contributed by atoms with Crippen LogP contribution in [0.15, 0.2) is 18.2 Å². The molecule has 1 fully saturated rings. The quantitative estimate of drug-likeness (QED) is 0.875. The lowest BCUT2D eigenvalue weighted by atomic mass is 9.85. The van der Waals surface area contributed by atoms with E-state index < -0.39 is 5.82 Å². The molecule has 2 rings (SSSR count). The first-order valence-electron chi connectivity index (χ1n) is 6.78. The van der Waals surface area contributed by atoms with Crippen LogP contribution in [-0.2, 0) is 6.54 Å². The van der Waals surface area contributed by atoms with Crippen molar-refractivity contribution in [2.45, 2.75) is 38.3 Å². The highest BCUT2D eigenvalue weighted by molar-refractivity contribution is 5.34. The molecule has 0 bridgehead atoms. The summed E-state index contributed by atoms with van der Waals surface area (Å²) in [5.41, 5.74) is 0.600. The second-order valence-electron chi connectivity index (χ2n) is 5.10. The first kappa shape index (κ1) is 14.0. The maximum Gasteiger partial charge on any atom is 0.145 e. The summed E-state index contributed by atoms with van der Waals surface area (Å²) >= 11 is 0. The van der Waals surface area contributed by atoms with Crippen molar-refractivity contribution in [2.24, 2.45) is 5.92 Å². The Labute approximate surface area is 113 Å². The van der Waals surface area contributed by atoms with Crippen LogP contribution >= 0.6 is 0 Å². The number of benzene rings is 1. The van der Waals surface area contributed by atoms with Gasteiger partial charge in [-0.3, -0.25) is 0 Å². The van der Waals surface area contributed by atoms with Crippen molar-refractivity contribution in [3.63, 3.8) is 0 Å². The van der Waals surface area contributed by atoms with Crippen molar-refractivity contribution in [1.82, 2.24) is 5.32 Å². The van der Waals surface area contributed by atoms with Gasteiger partial charge in [0.25, 0.3) is 0 Å². The van der Waals surface area contributed by atoms with E-state index in [1.165, 1.54) is 6.07 Å². The van der Waals surface area contributed by atoms with Gasteiger partial charge in [-0.15, -0.1) is 0 Å². The zero-order valence-corrected chi connectivity index (χ0v) is 10.9. The van der Waals surface area contributed by atoms with E-state index in [1.807, 2.05) is 6.07 Å². The number of aliphatic hydroxyl groups is 1. The zero-order valence-electron chi connectivity index (χ0n) is 10.9. The zero-order chi connectivity index (χ0) is 13.7. The minimum atomic E-state index is -0.436. The van der Waals surface area contributed by atoms with Crippen LogP contribution in [0.4, 0.5) is 4.39 Å². The van der Waals surface area contributed by atoms with E-state index in [9.17, 15) is 9.50 Å². The summed E-state index contributed by atoms with van der Waals surface area (Å²) in [5.74, 6) is -0.176. The fourth-order valence-corrected chi connectivity index (χ4v) is 2.74. The van der Waals surface area contributed by atoms with Crippen LogP contribution in [0.25, 0.3) is 0 Å². The van der Waals surface area contributed by atoms with E-state index in [0.29, 0.717) is 12.1 Å². The molecule has 2 N–H and O–H groups in total. The third kappa shape index (κ3) is 3.31. The molecule has 0 heterocycles. The monoisotopic (exact) mass is 262 g/mol. The molecule has 0 aliphatic heterocycles. The summed E-state index contributed by atoms with van der Waals surface area (Å²) in [4.78, 5) is 0. The maximum atomic E-state index is 13.9. The largest absolute Gasteiger partial charge is 0.396 e. The smallest absolute Gasteiger partial charge is 0.145 e. The Morgan fingerprint density at radius 2 is 2.16 bits per heavy atom. The summed E-state index contributed by atoms with van der Waals surface area (Å²) in [6.07, 6.45) is 4.34. The molecule has 1 aromatic carbocycles. The van der Waals surface area contributed by atoms with Gasteiger partial charge in [0.15, 0.2) is 0 Å². The maximum absolute atomic E-state index is 13.9. The van der Waals surface area contributed by atoms with Crippen LogP contribution in [0.2, 0.25) is 0 Å². The number of aliphatic hydroxyl groups excluding tert-OH is 1. The molecular formula is C15H19FN2O. The first-order valence-corrected chi connectivity index (χ1v) is 6.78. The average Bonchev–Trinajstić information content (AvgIpc) is 2.46. The van der Waals surface area contributed by atoms with Gasteiger partial charge in [-0.25, -0.2) is 4.39 Å². The molecule has 3 nitrogen and oxygen atoms in total. The van der Waals surface area contributed by atoms with Gasteiger partial charge in [-0.05, 0) is 24.8 Å². The summed E-state index contributed by atoms with van der Waals surface area (Å²) in [6, 6.07) is 6.96. The van der Waals surface area contributed by atoms with Crippen molar-refractivity contribution in [2.75, 3.05) is 6.61 Å². The number of hydrogen-bond acceptors (Lipinski definition) is 3. The number of nitrogens with zero attached hydrogens (tertiary/aromatic N) is 1. The average molecular weight is 262 g/mol. The molecule has 1 aromatic rings. The predicted octanol–water partition coefficient (Wildman–Crippen LogP) is 2.34. The van der Waals surface area contributed by atoms with Gasteiger partial charge < -0.3 is 10.4 Å². The molecule has 0 saturated heterocycles. The highest BCUT2D eigenvalue weighted by Gasteiger charge is 2.24. The standard InChI is InChI=1S/C15H19FN2O/c16-15-11(8-17)5-3-6-12(15)9-18-14-7-2-1-4-13(14)10-19/h3,5-6,13-14,18-19H,1-2,4,7,9-10H2. The number of rotatable bonds is 4. The number of nitrogens with one attached hydrogen (secondary N) is 1. The number of hydrogen-bond donors (Lipinski definition) is 2. The van der Waals surface area contributed by atoms with E-state index >= 15 is 0 Å². The van der Waals surface area contributed by atoms with Crippen LogP contribution < -0.4 is 5.32 Å². The fraction of sp³-hybridized carbons (Fsp3) is 0.533. The fourth-order valence-electron chi connectivity index (χ4n) is 2.74. The van der Waals surface area contributed by atoms with Gasteiger partial charge in [0.1, 0.15) is 11.9 Å². The lowest BCUT2D eigenvalue weighted by Crippen LogP contribution is -2.39. The topological polar surface area (TPSA) is 56.0 Å². The van der Waals surface area contributed by atoms with E-state index in [1.54, 1.807) is 12.1 Å². The van der Waals surface area contributed by atoms with Crippen molar-refractivity contribution in [1.29, 1.82) is 5.26 Å². The van der Waals surface area contributed by atoms with Gasteiger partial charge in [-0.2, -0.15) is 5.26 Å². The highest BCUT2D eigenvalue weighted by atomic mass is 19.1. The van der Waals surface area contributed by atoms with E-state index in [4.69, 9.17) is 5.26 Å². The van der Waals surface area contributed by atoms with E-state index in [2.05, 4.69) is 5.32 Å². The molecule has 0 spiro atoms. The normalized spacial score (nSPS) is 23.0. The van der Waals surface area contributed by atoms with Crippen molar-refractivity contribution in [3.05, 3.63) is 35.1 Å². The Morgan fingerprint density at radius 1 is 1.37 bits per heavy atom. The molecule has 0 amide bonds. The highest BCUT2D eigenvalue weighted by Crippen LogP contribution is 2.24. The van der Waals surface area contributed by atoms with Crippen molar-refractivity contribution in [3.8, 4) is 6.07 Å². The van der Waals surface area contributed by atoms with Gasteiger partial charge >= 0.3 is 0 Å². The van der Waals surface area contributed by atoms with Crippen LogP contribution in [0.3, 0.4) is 0 Å². The molecule has 2 atom stereocenters. The van der Waals surface area contributed by atoms with Crippen LogP contribution in [-0.4, -0.2) is 17.8 Å². The van der Waals surface area contributed by atoms with Gasteiger partial charge in [0, 0.05) is 24.8 Å². The SMILES string of the molecule is N#Cc1cccc(CNC2CCCCC2CO)c1F. The van der Waals surface area contributed by atoms with Gasteiger partial charge in [0.2, 0.25) is 0 Å². The number of nitriles is 1. The lowest BCUT2D eigenvalue weighted by molar-refractivity contribution is 0.152. The van der Waals surface area contributed by atoms with E-state index in [0.717, 1.165) is 25.7 Å². The third-order valence-electron chi connectivity index (χ3n) is 3.90. The molecule has 0 aromatic heterocycles.